The Labute approximate surface area is 247 Å². The zero-order valence-electron chi connectivity index (χ0n) is 23.4. The van der Waals surface area contributed by atoms with Gasteiger partial charge in [0.2, 0.25) is 5.60 Å². The van der Waals surface area contributed by atoms with Gasteiger partial charge in [-0.25, -0.2) is 14.0 Å². The minimum atomic E-state index is -2.12. The van der Waals surface area contributed by atoms with Crippen LogP contribution in [-0.4, -0.2) is 50.4 Å². The molecular formula is C33H33FO7S. The molecule has 220 valence electrons. The number of ketones is 1. The molecular weight excluding hydrogens is 559 g/mol. The SMILES string of the molecule is C[C@]12C=CC(=O)C=C1CC[C@H]1[C@@H]3CC[C@](OC(=O)c4ccc(Sc5ccccc5)c(O)c4)(C(=O)O)[C@@]3(C)C[C@H](O)[C@@]12F. The molecule has 7 nitrogen and oxygen atoms in total. The van der Waals surface area contributed by atoms with Crippen LogP contribution in [0.1, 0.15) is 56.3 Å². The number of aromatic hydroxyl groups is 1. The van der Waals surface area contributed by atoms with E-state index in [0.29, 0.717) is 29.7 Å². The van der Waals surface area contributed by atoms with Gasteiger partial charge in [-0.15, -0.1) is 0 Å². The van der Waals surface area contributed by atoms with Gasteiger partial charge in [-0.05, 0) is 87.4 Å². The molecule has 3 saturated carbocycles. The van der Waals surface area contributed by atoms with Crippen LogP contribution in [0.25, 0.3) is 0 Å². The normalized spacial score (nSPS) is 36.8. The van der Waals surface area contributed by atoms with Gasteiger partial charge in [0, 0.05) is 21.6 Å². The summed E-state index contributed by atoms with van der Waals surface area (Å²) in [5, 5.41) is 32.7. The molecule has 0 amide bonds. The first-order chi connectivity index (χ1) is 19.9. The van der Waals surface area contributed by atoms with Gasteiger partial charge in [-0.1, -0.05) is 48.5 Å². The molecule has 0 spiro atoms. The van der Waals surface area contributed by atoms with Gasteiger partial charge in [0.15, 0.2) is 11.5 Å². The van der Waals surface area contributed by atoms with Crippen molar-refractivity contribution >= 4 is 29.5 Å². The summed E-state index contributed by atoms with van der Waals surface area (Å²) in [7, 11) is 0. The van der Waals surface area contributed by atoms with Crippen molar-refractivity contribution in [3.05, 3.63) is 77.9 Å². The topological polar surface area (TPSA) is 121 Å². The number of hydrogen-bond donors (Lipinski definition) is 3. The molecule has 3 N–H and O–H groups in total. The third kappa shape index (κ3) is 3.93. The first-order valence-electron chi connectivity index (χ1n) is 14.2. The van der Waals surface area contributed by atoms with Gasteiger partial charge in [-0.3, -0.25) is 4.79 Å². The predicted molar refractivity (Wildman–Crippen MR) is 153 cm³/mol. The molecule has 0 unspecified atom stereocenters. The molecule has 0 heterocycles. The van der Waals surface area contributed by atoms with E-state index in [1.165, 1.54) is 36.0 Å². The van der Waals surface area contributed by atoms with Gasteiger partial charge in [0.25, 0.3) is 0 Å². The summed E-state index contributed by atoms with van der Waals surface area (Å²) in [6.07, 6.45) is 3.62. The summed E-state index contributed by atoms with van der Waals surface area (Å²) in [5.41, 5.74) is -5.95. The Kier molecular flexibility index (Phi) is 6.70. The highest BCUT2D eigenvalue weighted by atomic mass is 32.2. The minimum absolute atomic E-state index is 0.00857. The average molecular weight is 593 g/mol. The quantitative estimate of drug-likeness (QED) is 0.368. The molecule has 0 bridgehead atoms. The number of esters is 1. The maximum Gasteiger partial charge on any atom is 0.348 e. The summed E-state index contributed by atoms with van der Waals surface area (Å²) in [4.78, 5) is 39.9. The fraction of sp³-hybridized carbons (Fsp3) is 0.424. The van der Waals surface area contributed by atoms with Crippen molar-refractivity contribution < 1.29 is 38.8 Å². The lowest BCUT2D eigenvalue weighted by atomic mass is 9.45. The highest BCUT2D eigenvalue weighted by molar-refractivity contribution is 7.99. The van der Waals surface area contributed by atoms with Crippen LogP contribution in [0.4, 0.5) is 4.39 Å². The number of alkyl halides is 1. The number of carboxylic acids is 1. The van der Waals surface area contributed by atoms with Crippen LogP contribution in [0, 0.1) is 22.7 Å². The van der Waals surface area contributed by atoms with Crippen molar-refractivity contribution in [2.24, 2.45) is 22.7 Å². The van der Waals surface area contributed by atoms with Crippen LogP contribution < -0.4 is 0 Å². The van der Waals surface area contributed by atoms with Gasteiger partial charge in [-0.2, -0.15) is 0 Å². The van der Waals surface area contributed by atoms with E-state index in [4.69, 9.17) is 4.74 Å². The van der Waals surface area contributed by atoms with Crippen molar-refractivity contribution in [2.45, 2.75) is 73.1 Å². The van der Waals surface area contributed by atoms with E-state index in [2.05, 4.69) is 0 Å². The molecule has 0 radical (unpaired) electrons. The van der Waals surface area contributed by atoms with E-state index in [9.17, 15) is 29.7 Å². The summed E-state index contributed by atoms with van der Waals surface area (Å²) >= 11 is 1.32. The lowest BCUT2D eigenvalue weighted by Gasteiger charge is -2.62. The van der Waals surface area contributed by atoms with E-state index >= 15 is 4.39 Å². The highest BCUT2D eigenvalue weighted by Gasteiger charge is 2.76. The summed E-state index contributed by atoms with van der Waals surface area (Å²) < 4.78 is 23.2. The zero-order valence-corrected chi connectivity index (χ0v) is 24.2. The number of phenolic OH excluding ortho intramolecular Hbond substituents is 1. The van der Waals surface area contributed by atoms with Crippen molar-refractivity contribution in [2.75, 3.05) is 0 Å². The van der Waals surface area contributed by atoms with E-state index in [0.717, 1.165) is 4.90 Å². The maximum absolute atomic E-state index is 17.3. The van der Waals surface area contributed by atoms with Crippen LogP contribution in [-0.2, 0) is 14.3 Å². The number of hydrogen-bond acceptors (Lipinski definition) is 7. The Morgan fingerprint density at radius 3 is 2.50 bits per heavy atom. The molecule has 42 heavy (non-hydrogen) atoms. The first kappa shape index (κ1) is 28.7. The molecule has 6 rings (SSSR count). The summed E-state index contributed by atoms with van der Waals surface area (Å²) in [5.74, 6) is -3.80. The smallest absolute Gasteiger partial charge is 0.348 e. The summed E-state index contributed by atoms with van der Waals surface area (Å²) in [6, 6.07) is 13.7. The standard InChI is InChI=1S/C33H33FO7S/c1-30-14-12-21(35)17-20(30)9-10-24-23-13-15-32(29(39)40,31(23,2)18-27(37)33(24,30)34)41-28(38)19-8-11-26(25(36)16-19)42-22-6-4-3-5-7-22/h3-8,11-12,14,16-17,23-24,27,36-37H,9-10,13,15,18H2,1-2H3,(H,39,40)/t23-,24-,27-,30-,31-,32-,33-/m0/s1. The second kappa shape index (κ2) is 9.81. The first-order valence-corrected chi connectivity index (χ1v) is 15.0. The number of halogens is 1. The van der Waals surface area contributed by atoms with Gasteiger partial charge >= 0.3 is 11.9 Å². The number of aliphatic hydroxyl groups excluding tert-OH is 1. The number of ether oxygens (including phenoxy) is 1. The number of allylic oxidation sites excluding steroid dienone is 4. The number of carbonyl (C=O) groups excluding carboxylic acids is 2. The van der Waals surface area contributed by atoms with Gasteiger partial charge in [0.05, 0.1) is 16.6 Å². The van der Waals surface area contributed by atoms with E-state index < -0.39 is 52.0 Å². The molecule has 0 aromatic heterocycles. The van der Waals surface area contributed by atoms with Crippen molar-refractivity contribution in [1.29, 1.82) is 0 Å². The number of rotatable bonds is 5. The molecule has 7 atom stereocenters. The van der Waals surface area contributed by atoms with Gasteiger partial charge < -0.3 is 20.1 Å². The van der Waals surface area contributed by atoms with Crippen LogP contribution in [0.15, 0.2) is 82.1 Å². The third-order valence-electron chi connectivity index (χ3n) is 10.5. The molecule has 2 aromatic rings. The largest absolute Gasteiger partial charge is 0.507 e. The van der Waals surface area contributed by atoms with Crippen LogP contribution in [0.5, 0.6) is 5.75 Å². The Hall–Kier alpha value is -3.43. The second-order valence-electron chi connectivity index (χ2n) is 12.4. The molecule has 0 aliphatic heterocycles. The Balaban J connectivity index is 1.30. The van der Waals surface area contributed by atoms with Crippen molar-refractivity contribution in [1.82, 2.24) is 0 Å². The number of aliphatic hydroxyl groups is 1. The van der Waals surface area contributed by atoms with Crippen molar-refractivity contribution in [3.63, 3.8) is 0 Å². The number of carbonyl (C=O) groups is 3. The Morgan fingerprint density at radius 2 is 1.81 bits per heavy atom. The molecule has 4 aliphatic rings. The predicted octanol–water partition coefficient (Wildman–Crippen LogP) is 5.89. The average Bonchev–Trinajstić information content (AvgIpc) is 3.24. The Morgan fingerprint density at radius 1 is 1.07 bits per heavy atom. The molecule has 4 aliphatic carbocycles. The number of phenols is 1. The zero-order chi connectivity index (χ0) is 30.1. The fourth-order valence-corrected chi connectivity index (χ4v) is 9.17. The lowest BCUT2D eigenvalue weighted by Crippen LogP contribution is -2.69. The summed E-state index contributed by atoms with van der Waals surface area (Å²) in [6.45, 7) is 3.38. The van der Waals surface area contributed by atoms with Gasteiger partial charge in [0.1, 0.15) is 5.75 Å². The maximum atomic E-state index is 17.3. The number of carboxylic acid groups (broad SMARTS) is 1. The third-order valence-corrected chi connectivity index (χ3v) is 11.6. The molecule has 3 fully saturated rings. The second-order valence-corrected chi connectivity index (χ2v) is 13.5. The van der Waals surface area contributed by atoms with Crippen LogP contribution in [0.3, 0.4) is 0 Å². The van der Waals surface area contributed by atoms with Crippen LogP contribution >= 0.6 is 11.8 Å². The molecule has 2 aromatic carbocycles. The minimum Gasteiger partial charge on any atom is -0.507 e. The van der Waals surface area contributed by atoms with Crippen molar-refractivity contribution in [3.8, 4) is 5.75 Å². The lowest BCUT2D eigenvalue weighted by molar-refractivity contribution is -0.222. The van der Waals surface area contributed by atoms with E-state index in [1.54, 1.807) is 26.0 Å². The number of fused-ring (bicyclic) bond motifs is 5. The van der Waals surface area contributed by atoms with E-state index in [1.807, 2.05) is 30.3 Å². The fourth-order valence-electron chi connectivity index (χ4n) is 8.32. The van der Waals surface area contributed by atoms with E-state index in [-0.39, 0.29) is 29.9 Å². The Bertz CT molecular complexity index is 1540. The monoisotopic (exact) mass is 592 g/mol. The highest BCUT2D eigenvalue weighted by Crippen LogP contribution is 2.70. The van der Waals surface area contributed by atoms with Crippen LogP contribution in [0.2, 0.25) is 0 Å². The molecule has 9 heteroatoms. The number of benzene rings is 2. The number of aliphatic carboxylic acids is 1. The molecule has 0 saturated heterocycles.